The van der Waals surface area contributed by atoms with Gasteiger partial charge in [-0.15, -0.1) is 0 Å². The predicted octanol–water partition coefficient (Wildman–Crippen LogP) is 6.40. The third-order valence-electron chi connectivity index (χ3n) is 3.02. The molecular weight excluding hydrogens is 252 g/mol. The number of hydrogen-bond donors (Lipinski definition) is 0. The van der Waals surface area contributed by atoms with E-state index in [1.165, 1.54) is 24.8 Å². The van der Waals surface area contributed by atoms with Crippen LogP contribution in [0.4, 0.5) is 0 Å². The smallest absolute Gasteiger partial charge is 0.0279 e. The van der Waals surface area contributed by atoms with Crippen molar-refractivity contribution in [3.63, 3.8) is 0 Å². The predicted molar refractivity (Wildman–Crippen MR) is 96.2 cm³/mol. The van der Waals surface area contributed by atoms with Crippen LogP contribution >= 0.6 is 0 Å². The highest BCUT2D eigenvalue weighted by molar-refractivity contribution is 5.29. The Morgan fingerprint density at radius 2 is 1.05 bits per heavy atom. The summed E-state index contributed by atoms with van der Waals surface area (Å²) in [7, 11) is 0. The lowest BCUT2D eigenvalue weighted by Gasteiger charge is -2.00. The molecule has 1 aliphatic rings. The molecule has 0 aromatic heterocycles. The third-order valence-corrected chi connectivity index (χ3v) is 3.02. The molecule has 0 heterocycles. The van der Waals surface area contributed by atoms with E-state index in [2.05, 4.69) is 55.5 Å². The van der Waals surface area contributed by atoms with Crippen LogP contribution < -0.4 is 0 Å². The fraction of sp³-hybridized carbons (Fsp3) is 0.238. The molecular formula is C21H26. The molecule has 0 saturated carbocycles. The van der Waals surface area contributed by atoms with Crippen LogP contribution in [0.5, 0.6) is 0 Å². The minimum absolute atomic E-state index is 1.14. The van der Waals surface area contributed by atoms with Gasteiger partial charge in [-0.1, -0.05) is 111 Å². The fourth-order valence-corrected chi connectivity index (χ4v) is 1.87. The Morgan fingerprint density at radius 3 is 1.57 bits per heavy atom. The molecule has 1 rings (SSSR count). The summed E-state index contributed by atoms with van der Waals surface area (Å²) in [6.07, 6.45) is 36.0. The van der Waals surface area contributed by atoms with Gasteiger partial charge in [0, 0.05) is 0 Å². The molecule has 0 aromatic carbocycles. The van der Waals surface area contributed by atoms with Crippen molar-refractivity contribution < 1.29 is 0 Å². The zero-order chi connectivity index (χ0) is 15.0. The van der Waals surface area contributed by atoms with Gasteiger partial charge < -0.3 is 0 Å². The van der Waals surface area contributed by atoms with E-state index in [0.29, 0.717) is 0 Å². The lowest BCUT2D eigenvalue weighted by molar-refractivity contribution is 0.719. The van der Waals surface area contributed by atoms with Gasteiger partial charge in [-0.3, -0.25) is 0 Å². The molecule has 0 nitrogen and oxygen atoms in total. The van der Waals surface area contributed by atoms with E-state index < -0.39 is 0 Å². The summed E-state index contributed by atoms with van der Waals surface area (Å²) in [5.74, 6) is 0. The first-order valence-electron chi connectivity index (χ1n) is 7.80. The van der Waals surface area contributed by atoms with Gasteiger partial charge in [-0.25, -0.2) is 0 Å². The Labute approximate surface area is 130 Å². The van der Waals surface area contributed by atoms with Crippen LogP contribution in [0.2, 0.25) is 0 Å². The average Bonchev–Trinajstić information content (AvgIpc) is 2.49. The molecule has 110 valence electrons. The maximum atomic E-state index is 2.24. The molecule has 21 heavy (non-hydrogen) atoms. The van der Waals surface area contributed by atoms with E-state index >= 15 is 0 Å². The van der Waals surface area contributed by atoms with E-state index in [1.807, 2.05) is 42.5 Å². The molecule has 0 unspecified atom stereocenters. The van der Waals surface area contributed by atoms with Crippen molar-refractivity contribution >= 4 is 0 Å². The van der Waals surface area contributed by atoms with Gasteiger partial charge in [0.05, 0.1) is 0 Å². The quantitative estimate of drug-likeness (QED) is 0.522. The van der Waals surface area contributed by atoms with Crippen LogP contribution in [0.25, 0.3) is 0 Å². The standard InChI is InChI=1S/C21H26/c1-2-3-15-18-21-19-16-13-11-9-7-5-4-6-8-10-12-14-17-20-21/h4-14,16-17,19-20H,2-3,15,18H2,1H3. The van der Waals surface area contributed by atoms with Gasteiger partial charge in [0.2, 0.25) is 0 Å². The lowest BCUT2D eigenvalue weighted by atomic mass is 10.1. The van der Waals surface area contributed by atoms with Gasteiger partial charge >= 0.3 is 0 Å². The Bertz CT molecular complexity index is 488. The molecule has 0 fully saturated rings. The van der Waals surface area contributed by atoms with Gasteiger partial charge in [0.1, 0.15) is 0 Å². The summed E-state index contributed by atoms with van der Waals surface area (Å²) in [6, 6.07) is 0. The van der Waals surface area contributed by atoms with Gasteiger partial charge in [0.25, 0.3) is 0 Å². The normalized spacial score (nSPS) is 15.6. The molecule has 0 bridgehead atoms. The van der Waals surface area contributed by atoms with Gasteiger partial charge in [-0.05, 0) is 18.4 Å². The van der Waals surface area contributed by atoms with E-state index in [4.69, 9.17) is 0 Å². The van der Waals surface area contributed by atoms with Crippen LogP contribution in [0.1, 0.15) is 32.6 Å². The SMILES string of the molecule is CCCCCC1=CC=CC=CC=CC=CC=CC=CC=C1. The highest BCUT2D eigenvalue weighted by Crippen LogP contribution is 2.11. The van der Waals surface area contributed by atoms with Crippen LogP contribution in [0.3, 0.4) is 0 Å². The zero-order valence-electron chi connectivity index (χ0n) is 13.0. The first-order chi connectivity index (χ1) is 10.4. The van der Waals surface area contributed by atoms with E-state index in [0.717, 1.165) is 6.42 Å². The Balaban J connectivity index is 2.75. The highest BCUT2D eigenvalue weighted by atomic mass is 14.0. The minimum atomic E-state index is 1.14. The molecule has 0 N–H and O–H groups in total. The Morgan fingerprint density at radius 1 is 0.571 bits per heavy atom. The summed E-state index contributed by atoms with van der Waals surface area (Å²) < 4.78 is 0. The van der Waals surface area contributed by atoms with Crippen LogP contribution in [-0.4, -0.2) is 0 Å². The number of rotatable bonds is 4. The lowest BCUT2D eigenvalue weighted by Crippen LogP contribution is -1.80. The Hall–Kier alpha value is -2.08. The molecule has 0 saturated heterocycles. The molecule has 1 aliphatic carbocycles. The summed E-state index contributed by atoms with van der Waals surface area (Å²) in [5, 5.41) is 0. The monoisotopic (exact) mass is 278 g/mol. The molecule has 0 aliphatic heterocycles. The van der Waals surface area contributed by atoms with Crippen LogP contribution in [0.15, 0.2) is 96.7 Å². The van der Waals surface area contributed by atoms with E-state index in [1.54, 1.807) is 0 Å². The maximum Gasteiger partial charge on any atom is -0.0279 e. The summed E-state index contributed by atoms with van der Waals surface area (Å²) in [5.41, 5.74) is 1.38. The van der Waals surface area contributed by atoms with Crippen molar-refractivity contribution in [3.05, 3.63) is 96.7 Å². The van der Waals surface area contributed by atoms with Crippen molar-refractivity contribution in [2.24, 2.45) is 0 Å². The summed E-state index contributed by atoms with van der Waals surface area (Å²) in [4.78, 5) is 0. The second-order valence-electron chi connectivity index (χ2n) is 4.87. The molecule has 0 amide bonds. The Kier molecular flexibility index (Phi) is 10.4. The minimum Gasteiger partial charge on any atom is -0.0654 e. The van der Waals surface area contributed by atoms with Crippen molar-refractivity contribution in [1.82, 2.24) is 0 Å². The van der Waals surface area contributed by atoms with Crippen molar-refractivity contribution in [3.8, 4) is 0 Å². The average molecular weight is 278 g/mol. The third kappa shape index (κ3) is 10.4. The van der Waals surface area contributed by atoms with Crippen LogP contribution in [-0.2, 0) is 0 Å². The summed E-state index contributed by atoms with van der Waals surface area (Å²) in [6.45, 7) is 2.24. The van der Waals surface area contributed by atoms with Gasteiger partial charge in [0.15, 0.2) is 0 Å². The molecule has 0 heteroatoms. The second kappa shape index (κ2) is 12.9. The van der Waals surface area contributed by atoms with Crippen LogP contribution in [0, 0.1) is 0 Å². The molecule has 0 spiro atoms. The number of unbranched alkanes of at least 4 members (excludes halogenated alkanes) is 2. The summed E-state index contributed by atoms with van der Waals surface area (Å²) >= 11 is 0. The topological polar surface area (TPSA) is 0 Å². The number of hydrogen-bond acceptors (Lipinski definition) is 0. The zero-order valence-corrected chi connectivity index (χ0v) is 13.0. The first kappa shape index (κ1) is 17.0. The largest absolute Gasteiger partial charge is 0.0654 e. The van der Waals surface area contributed by atoms with Gasteiger partial charge in [-0.2, -0.15) is 0 Å². The molecule has 0 radical (unpaired) electrons. The maximum absolute atomic E-state index is 2.24. The molecule has 0 atom stereocenters. The highest BCUT2D eigenvalue weighted by Gasteiger charge is 1.91. The molecule has 0 aromatic rings. The van der Waals surface area contributed by atoms with E-state index in [-0.39, 0.29) is 0 Å². The van der Waals surface area contributed by atoms with Crippen molar-refractivity contribution in [1.29, 1.82) is 0 Å². The van der Waals surface area contributed by atoms with E-state index in [9.17, 15) is 0 Å². The van der Waals surface area contributed by atoms with Crippen molar-refractivity contribution in [2.45, 2.75) is 32.6 Å². The number of allylic oxidation sites excluding steroid dienone is 16. The second-order valence-corrected chi connectivity index (χ2v) is 4.87. The first-order valence-corrected chi connectivity index (χ1v) is 7.80. The fourth-order valence-electron chi connectivity index (χ4n) is 1.87. The van der Waals surface area contributed by atoms with Crippen molar-refractivity contribution in [2.75, 3.05) is 0 Å².